The molecule has 4 rings (SSSR count). The van der Waals surface area contributed by atoms with Crippen molar-refractivity contribution in [1.82, 2.24) is 0 Å². The predicted molar refractivity (Wildman–Crippen MR) is 87.7 cm³/mol. The molecule has 0 radical (unpaired) electrons. The minimum Gasteiger partial charge on any atom is -0.381 e. The second-order valence-electron chi connectivity index (χ2n) is 6.40. The zero-order valence-electron chi connectivity index (χ0n) is 12.7. The van der Waals surface area contributed by atoms with Gasteiger partial charge in [0.1, 0.15) is 11.2 Å². The van der Waals surface area contributed by atoms with E-state index < -0.39 is 11.2 Å². The summed E-state index contributed by atoms with van der Waals surface area (Å²) in [5, 5.41) is 24.5. The molecule has 2 nitrogen and oxygen atoms in total. The first-order chi connectivity index (χ1) is 10.4. The first-order valence-corrected chi connectivity index (χ1v) is 7.51. The predicted octanol–water partition coefficient (Wildman–Crippen LogP) is 3.66. The molecule has 0 amide bonds. The van der Waals surface area contributed by atoms with Gasteiger partial charge in [-0.3, -0.25) is 0 Å². The van der Waals surface area contributed by atoms with Crippen LogP contribution in [0, 0.1) is 0 Å². The first kappa shape index (κ1) is 13.5. The van der Waals surface area contributed by atoms with E-state index in [-0.39, 0.29) is 0 Å². The van der Waals surface area contributed by atoms with Gasteiger partial charge in [0.25, 0.3) is 0 Å². The molecule has 3 aromatic carbocycles. The zero-order chi connectivity index (χ0) is 15.5. The molecule has 0 heterocycles. The van der Waals surface area contributed by atoms with Crippen LogP contribution in [0.5, 0.6) is 0 Å². The van der Waals surface area contributed by atoms with E-state index in [9.17, 15) is 10.2 Å². The number of hydrogen-bond acceptors (Lipinski definition) is 2. The maximum atomic E-state index is 11.3. The highest BCUT2D eigenvalue weighted by atomic mass is 16.3. The second-order valence-corrected chi connectivity index (χ2v) is 6.40. The van der Waals surface area contributed by atoms with Crippen molar-refractivity contribution in [3.05, 3.63) is 82.9 Å². The van der Waals surface area contributed by atoms with Crippen LogP contribution < -0.4 is 0 Å². The van der Waals surface area contributed by atoms with E-state index in [1.807, 2.05) is 67.6 Å². The van der Waals surface area contributed by atoms with E-state index in [4.69, 9.17) is 0 Å². The van der Waals surface area contributed by atoms with Gasteiger partial charge in [0.05, 0.1) is 0 Å². The molecule has 0 fully saturated rings. The number of hydrogen-bond donors (Lipinski definition) is 2. The topological polar surface area (TPSA) is 40.5 Å². The highest BCUT2D eigenvalue weighted by Gasteiger charge is 2.45. The van der Waals surface area contributed by atoms with E-state index in [0.717, 1.165) is 33.0 Å². The summed E-state index contributed by atoms with van der Waals surface area (Å²) in [6.45, 7) is 3.61. The van der Waals surface area contributed by atoms with Crippen LogP contribution in [0.1, 0.15) is 36.1 Å². The SMILES string of the molecule is C[C@]1(O)c2ccccc2[C@](C)(O)c2c1ccc1ccccc21. The summed E-state index contributed by atoms with van der Waals surface area (Å²) in [7, 11) is 0. The summed E-state index contributed by atoms with van der Waals surface area (Å²) in [5.74, 6) is 0. The normalized spacial score (nSPS) is 26.5. The minimum absolute atomic E-state index is 0.766. The first-order valence-electron chi connectivity index (χ1n) is 7.51. The molecule has 0 aliphatic heterocycles. The van der Waals surface area contributed by atoms with Gasteiger partial charge in [0.2, 0.25) is 0 Å². The maximum absolute atomic E-state index is 11.3. The molecule has 0 saturated carbocycles. The van der Waals surface area contributed by atoms with Crippen molar-refractivity contribution in [1.29, 1.82) is 0 Å². The van der Waals surface area contributed by atoms with Crippen molar-refractivity contribution < 1.29 is 10.2 Å². The fourth-order valence-corrected chi connectivity index (χ4v) is 3.81. The molecule has 110 valence electrons. The van der Waals surface area contributed by atoms with Gasteiger partial charge in [-0.1, -0.05) is 60.7 Å². The molecule has 22 heavy (non-hydrogen) atoms. The van der Waals surface area contributed by atoms with Crippen LogP contribution in [-0.2, 0) is 11.2 Å². The second kappa shape index (κ2) is 4.19. The molecule has 3 aromatic rings. The van der Waals surface area contributed by atoms with E-state index in [2.05, 4.69) is 0 Å². The Kier molecular flexibility index (Phi) is 2.57. The Morgan fingerprint density at radius 3 is 1.95 bits per heavy atom. The van der Waals surface area contributed by atoms with Crippen molar-refractivity contribution in [3.8, 4) is 0 Å². The van der Waals surface area contributed by atoms with Crippen LogP contribution in [0.25, 0.3) is 10.8 Å². The molecule has 1 aliphatic carbocycles. The standard InChI is InChI=1S/C20H18O2/c1-19(21)15-9-5-6-10-16(15)20(2,22)18-14-8-4-3-7-13(14)11-12-17(18)19/h3-12,21-22H,1-2H3/t19-,20-/m0/s1. The van der Waals surface area contributed by atoms with E-state index in [1.165, 1.54) is 0 Å². The van der Waals surface area contributed by atoms with Crippen LogP contribution in [0.15, 0.2) is 60.7 Å². The Morgan fingerprint density at radius 2 is 1.23 bits per heavy atom. The quantitative estimate of drug-likeness (QED) is 0.663. The fraction of sp³-hybridized carbons (Fsp3) is 0.200. The molecule has 2 heteroatoms. The Balaban J connectivity index is 2.19. The summed E-state index contributed by atoms with van der Waals surface area (Å²) in [5.41, 5.74) is 0.864. The maximum Gasteiger partial charge on any atom is 0.113 e. The summed E-state index contributed by atoms with van der Waals surface area (Å²) in [4.78, 5) is 0. The molecule has 2 N–H and O–H groups in total. The third-order valence-electron chi connectivity index (χ3n) is 4.92. The fourth-order valence-electron chi connectivity index (χ4n) is 3.81. The van der Waals surface area contributed by atoms with Crippen molar-refractivity contribution >= 4 is 10.8 Å². The van der Waals surface area contributed by atoms with Crippen molar-refractivity contribution in [2.45, 2.75) is 25.0 Å². The van der Waals surface area contributed by atoms with E-state index in [0.29, 0.717) is 0 Å². The summed E-state index contributed by atoms with van der Waals surface area (Å²) in [6.07, 6.45) is 0. The third-order valence-corrected chi connectivity index (χ3v) is 4.92. The molecule has 1 aliphatic rings. The highest BCUT2D eigenvalue weighted by molar-refractivity contribution is 5.89. The van der Waals surface area contributed by atoms with Gasteiger partial charge in [0, 0.05) is 5.56 Å². The molecular formula is C20H18O2. The molecule has 0 spiro atoms. The average molecular weight is 290 g/mol. The lowest BCUT2D eigenvalue weighted by molar-refractivity contribution is 0.0521. The van der Waals surface area contributed by atoms with Crippen molar-refractivity contribution in [3.63, 3.8) is 0 Å². The van der Waals surface area contributed by atoms with Crippen LogP contribution in [0.2, 0.25) is 0 Å². The average Bonchev–Trinajstić information content (AvgIpc) is 2.52. The molecular weight excluding hydrogens is 272 g/mol. The Morgan fingerprint density at radius 1 is 0.636 bits per heavy atom. The van der Waals surface area contributed by atoms with E-state index >= 15 is 0 Å². The third kappa shape index (κ3) is 1.57. The van der Waals surface area contributed by atoms with Crippen LogP contribution in [0.4, 0.5) is 0 Å². The molecule has 0 aromatic heterocycles. The van der Waals surface area contributed by atoms with Gasteiger partial charge in [-0.25, -0.2) is 0 Å². The van der Waals surface area contributed by atoms with Crippen molar-refractivity contribution in [2.24, 2.45) is 0 Å². The number of aliphatic hydroxyl groups is 2. The lowest BCUT2D eigenvalue weighted by Gasteiger charge is -2.42. The van der Waals surface area contributed by atoms with Gasteiger partial charge in [-0.05, 0) is 41.3 Å². The lowest BCUT2D eigenvalue weighted by Crippen LogP contribution is -2.39. The summed E-state index contributed by atoms with van der Waals surface area (Å²) >= 11 is 0. The summed E-state index contributed by atoms with van der Waals surface area (Å²) in [6, 6.07) is 19.5. The summed E-state index contributed by atoms with van der Waals surface area (Å²) < 4.78 is 0. The molecule has 0 bridgehead atoms. The van der Waals surface area contributed by atoms with Crippen LogP contribution >= 0.6 is 0 Å². The van der Waals surface area contributed by atoms with Gasteiger partial charge < -0.3 is 10.2 Å². The minimum atomic E-state index is -1.13. The van der Waals surface area contributed by atoms with Gasteiger partial charge in [-0.2, -0.15) is 0 Å². The van der Waals surface area contributed by atoms with Crippen molar-refractivity contribution in [2.75, 3.05) is 0 Å². The Labute approximate surface area is 129 Å². The monoisotopic (exact) mass is 290 g/mol. The van der Waals surface area contributed by atoms with Crippen LogP contribution in [-0.4, -0.2) is 10.2 Å². The number of fused-ring (bicyclic) bond motifs is 4. The molecule has 2 atom stereocenters. The molecule has 0 unspecified atom stereocenters. The number of benzene rings is 3. The highest BCUT2D eigenvalue weighted by Crippen LogP contribution is 2.49. The smallest absolute Gasteiger partial charge is 0.113 e. The lowest BCUT2D eigenvalue weighted by atomic mass is 9.67. The largest absolute Gasteiger partial charge is 0.381 e. The van der Waals surface area contributed by atoms with E-state index in [1.54, 1.807) is 6.92 Å². The molecule has 0 saturated heterocycles. The van der Waals surface area contributed by atoms with Gasteiger partial charge in [0.15, 0.2) is 0 Å². The number of rotatable bonds is 0. The van der Waals surface area contributed by atoms with Crippen LogP contribution in [0.3, 0.4) is 0 Å². The van der Waals surface area contributed by atoms with Gasteiger partial charge in [-0.15, -0.1) is 0 Å². The zero-order valence-corrected chi connectivity index (χ0v) is 12.7. The Hall–Kier alpha value is -2.16. The van der Waals surface area contributed by atoms with Gasteiger partial charge >= 0.3 is 0 Å². The Bertz CT molecular complexity index is 891.